The molecule has 0 aliphatic heterocycles. The van der Waals surface area contributed by atoms with Crippen molar-refractivity contribution >= 4 is 12.0 Å². The van der Waals surface area contributed by atoms with Gasteiger partial charge in [0.15, 0.2) is 0 Å². The molecule has 0 saturated heterocycles. The minimum absolute atomic E-state index is 0.397. The second kappa shape index (κ2) is 11.5. The Balaban J connectivity index is 3.60. The number of carbonyl (C=O) groups is 2. The Labute approximate surface area is 121 Å². The summed E-state index contributed by atoms with van der Waals surface area (Å²) in [7, 11) is 0. The van der Waals surface area contributed by atoms with E-state index in [1.165, 1.54) is 0 Å². The summed E-state index contributed by atoms with van der Waals surface area (Å²) in [6.45, 7) is 7.68. The van der Waals surface area contributed by atoms with Crippen LogP contribution in [0.1, 0.15) is 52.9 Å². The minimum Gasteiger partial charge on any atom is -0.480 e. The van der Waals surface area contributed by atoms with Crippen LogP contribution in [0.5, 0.6) is 0 Å². The van der Waals surface area contributed by atoms with Gasteiger partial charge in [0.1, 0.15) is 6.04 Å². The molecule has 1 atom stereocenters. The van der Waals surface area contributed by atoms with Crippen LogP contribution < -0.4 is 16.0 Å². The van der Waals surface area contributed by atoms with Crippen molar-refractivity contribution in [2.24, 2.45) is 0 Å². The molecule has 0 aromatic rings. The molecule has 20 heavy (non-hydrogen) atoms. The summed E-state index contributed by atoms with van der Waals surface area (Å²) < 4.78 is 0. The third-order valence-electron chi connectivity index (χ3n) is 2.87. The number of nitrogens with one attached hydrogen (secondary N) is 3. The molecule has 118 valence electrons. The van der Waals surface area contributed by atoms with E-state index in [2.05, 4.69) is 29.8 Å². The second-order valence-corrected chi connectivity index (χ2v) is 5.25. The predicted molar refractivity (Wildman–Crippen MR) is 79.9 cm³/mol. The Morgan fingerprint density at radius 1 is 1.10 bits per heavy atom. The van der Waals surface area contributed by atoms with Crippen molar-refractivity contribution in [2.75, 3.05) is 13.1 Å². The van der Waals surface area contributed by atoms with Crippen molar-refractivity contribution in [2.45, 2.75) is 65.0 Å². The van der Waals surface area contributed by atoms with Gasteiger partial charge in [-0.05, 0) is 25.8 Å². The molecule has 6 nitrogen and oxygen atoms in total. The smallest absolute Gasteiger partial charge is 0.326 e. The third kappa shape index (κ3) is 10.6. The fourth-order valence-electron chi connectivity index (χ4n) is 1.77. The zero-order valence-electron chi connectivity index (χ0n) is 12.9. The number of carbonyl (C=O) groups excluding carboxylic acids is 1. The lowest BCUT2D eigenvalue weighted by Crippen LogP contribution is -2.46. The van der Waals surface area contributed by atoms with Crippen LogP contribution in [-0.2, 0) is 4.79 Å². The fourth-order valence-corrected chi connectivity index (χ4v) is 1.77. The van der Waals surface area contributed by atoms with Crippen LogP contribution in [0.25, 0.3) is 0 Å². The summed E-state index contributed by atoms with van der Waals surface area (Å²) in [6, 6.07) is -0.688. The van der Waals surface area contributed by atoms with Crippen molar-refractivity contribution < 1.29 is 14.7 Å². The van der Waals surface area contributed by atoms with Gasteiger partial charge in [0, 0.05) is 12.6 Å². The van der Waals surface area contributed by atoms with Crippen molar-refractivity contribution in [1.82, 2.24) is 16.0 Å². The van der Waals surface area contributed by atoms with Gasteiger partial charge in [-0.25, -0.2) is 9.59 Å². The molecular weight excluding hydrogens is 258 g/mol. The summed E-state index contributed by atoms with van der Waals surface area (Å²) in [6.07, 6.45) is 4.19. The first-order valence-electron chi connectivity index (χ1n) is 7.48. The van der Waals surface area contributed by atoms with Gasteiger partial charge in [0.25, 0.3) is 0 Å². The monoisotopic (exact) mass is 287 g/mol. The molecule has 2 amide bonds. The highest BCUT2D eigenvalue weighted by atomic mass is 16.4. The second-order valence-electron chi connectivity index (χ2n) is 5.25. The Morgan fingerprint density at radius 2 is 1.75 bits per heavy atom. The lowest BCUT2D eigenvalue weighted by atomic mass is 10.2. The Bertz CT molecular complexity index is 283. The van der Waals surface area contributed by atoms with E-state index in [-0.39, 0.29) is 0 Å². The molecule has 4 N–H and O–H groups in total. The SMILES string of the molecule is CCCC(NC(=O)NCCCCCNC(C)C)C(=O)O. The van der Waals surface area contributed by atoms with Gasteiger partial charge in [0.05, 0.1) is 0 Å². The Morgan fingerprint density at radius 3 is 2.30 bits per heavy atom. The summed E-state index contributed by atoms with van der Waals surface area (Å²) in [5.41, 5.74) is 0. The molecule has 0 aliphatic rings. The van der Waals surface area contributed by atoms with Crippen molar-refractivity contribution in [3.63, 3.8) is 0 Å². The van der Waals surface area contributed by atoms with Crippen molar-refractivity contribution in [3.8, 4) is 0 Å². The number of aliphatic carboxylic acids is 1. The zero-order chi connectivity index (χ0) is 15.4. The summed E-state index contributed by atoms with van der Waals surface area (Å²) in [5, 5.41) is 17.4. The van der Waals surface area contributed by atoms with Gasteiger partial charge in [-0.2, -0.15) is 0 Å². The topological polar surface area (TPSA) is 90.5 Å². The number of amides is 2. The van der Waals surface area contributed by atoms with Crippen LogP contribution in [0.3, 0.4) is 0 Å². The molecule has 0 aromatic carbocycles. The van der Waals surface area contributed by atoms with E-state index >= 15 is 0 Å². The van der Waals surface area contributed by atoms with Gasteiger partial charge in [-0.1, -0.05) is 33.6 Å². The Kier molecular flexibility index (Phi) is 10.8. The number of hydrogen-bond acceptors (Lipinski definition) is 3. The standard InChI is InChI=1S/C14H29N3O3/c1-4-8-12(13(18)19)17-14(20)16-10-7-5-6-9-15-11(2)3/h11-12,15H,4-10H2,1-3H3,(H,18,19)(H2,16,17,20). The number of carboxylic acids is 1. The molecule has 0 rings (SSSR count). The first-order chi connectivity index (χ1) is 9.47. The first kappa shape index (κ1) is 18.7. The van der Waals surface area contributed by atoms with Gasteiger partial charge in [0.2, 0.25) is 0 Å². The van der Waals surface area contributed by atoms with Gasteiger partial charge in [-0.15, -0.1) is 0 Å². The molecule has 0 spiro atoms. The molecule has 0 aromatic heterocycles. The quantitative estimate of drug-likeness (QED) is 0.435. The molecule has 0 saturated carbocycles. The average molecular weight is 287 g/mol. The average Bonchev–Trinajstić information content (AvgIpc) is 2.36. The van der Waals surface area contributed by atoms with Gasteiger partial charge >= 0.3 is 12.0 Å². The van der Waals surface area contributed by atoms with Crippen LogP contribution in [0, 0.1) is 0 Å². The van der Waals surface area contributed by atoms with Crippen molar-refractivity contribution in [3.05, 3.63) is 0 Å². The Hall–Kier alpha value is -1.30. The number of unbranched alkanes of at least 4 members (excludes halogenated alkanes) is 2. The van der Waals surface area contributed by atoms with E-state index in [0.29, 0.717) is 19.0 Å². The lowest BCUT2D eigenvalue weighted by Gasteiger charge is -2.14. The highest BCUT2D eigenvalue weighted by molar-refractivity contribution is 5.82. The largest absolute Gasteiger partial charge is 0.480 e. The zero-order valence-corrected chi connectivity index (χ0v) is 12.9. The molecular formula is C14H29N3O3. The number of urea groups is 1. The number of carboxylic acid groups (broad SMARTS) is 1. The molecule has 0 heterocycles. The van der Waals surface area contributed by atoms with Crippen LogP contribution in [0.2, 0.25) is 0 Å². The normalized spacial score (nSPS) is 12.2. The first-order valence-corrected chi connectivity index (χ1v) is 7.48. The molecule has 0 radical (unpaired) electrons. The van der Waals surface area contributed by atoms with E-state index in [1.54, 1.807) is 0 Å². The van der Waals surface area contributed by atoms with Crippen LogP contribution in [0.15, 0.2) is 0 Å². The van der Waals surface area contributed by atoms with E-state index in [1.807, 2.05) is 6.92 Å². The molecule has 0 bridgehead atoms. The van der Waals surface area contributed by atoms with Gasteiger partial charge < -0.3 is 21.1 Å². The van der Waals surface area contributed by atoms with Crippen LogP contribution in [-0.4, -0.2) is 42.3 Å². The van der Waals surface area contributed by atoms with Crippen LogP contribution in [0.4, 0.5) is 4.79 Å². The van der Waals surface area contributed by atoms with E-state index in [9.17, 15) is 9.59 Å². The maximum atomic E-state index is 11.5. The van der Waals surface area contributed by atoms with Gasteiger partial charge in [-0.3, -0.25) is 0 Å². The molecule has 0 fully saturated rings. The summed E-state index contributed by atoms with van der Waals surface area (Å²) >= 11 is 0. The molecule has 6 heteroatoms. The van der Waals surface area contributed by atoms with Crippen molar-refractivity contribution in [1.29, 1.82) is 0 Å². The number of rotatable bonds is 11. The lowest BCUT2D eigenvalue weighted by molar-refractivity contribution is -0.139. The maximum absolute atomic E-state index is 11.5. The molecule has 1 unspecified atom stereocenters. The van der Waals surface area contributed by atoms with E-state index < -0.39 is 18.0 Å². The van der Waals surface area contributed by atoms with Crippen LogP contribution >= 0.6 is 0 Å². The minimum atomic E-state index is -0.984. The fraction of sp³-hybridized carbons (Fsp3) is 0.857. The van der Waals surface area contributed by atoms with E-state index in [4.69, 9.17) is 5.11 Å². The van der Waals surface area contributed by atoms with E-state index in [0.717, 1.165) is 32.2 Å². The third-order valence-corrected chi connectivity index (χ3v) is 2.87. The summed E-state index contributed by atoms with van der Waals surface area (Å²) in [5.74, 6) is -0.984. The maximum Gasteiger partial charge on any atom is 0.326 e. The highest BCUT2D eigenvalue weighted by Crippen LogP contribution is 1.97. The highest BCUT2D eigenvalue weighted by Gasteiger charge is 2.18. The molecule has 0 aliphatic carbocycles. The summed E-state index contributed by atoms with van der Waals surface area (Å²) in [4.78, 5) is 22.4. The predicted octanol–water partition coefficient (Wildman–Crippen LogP) is 1.71. The number of hydrogen-bond donors (Lipinski definition) is 4.